The third-order valence-electron chi connectivity index (χ3n) is 4.25. The van der Waals surface area contributed by atoms with Crippen LogP contribution in [0.25, 0.3) is 0 Å². The van der Waals surface area contributed by atoms with Gasteiger partial charge in [0.2, 0.25) is 0 Å². The van der Waals surface area contributed by atoms with Crippen LogP contribution in [0.15, 0.2) is 18.2 Å². The second-order valence-electron chi connectivity index (χ2n) is 5.38. The summed E-state index contributed by atoms with van der Waals surface area (Å²) in [6, 6.07) is 8.66. The second kappa shape index (κ2) is 5.40. The predicted molar refractivity (Wildman–Crippen MR) is 77.6 cm³/mol. The minimum absolute atomic E-state index is 0.563. The molecule has 4 heteroatoms. The molecular weight excluding hydrogens is 258 g/mol. The number of benzene rings is 1. The number of halogens is 1. The van der Waals surface area contributed by atoms with Gasteiger partial charge in [-0.25, -0.2) is 0 Å². The van der Waals surface area contributed by atoms with Gasteiger partial charge < -0.3 is 4.90 Å². The van der Waals surface area contributed by atoms with Crippen LogP contribution in [0.2, 0.25) is 5.02 Å². The number of nitriles is 1. The Labute approximate surface area is 119 Å². The standard InChI is InChI=1S/C15H18ClN3/c16-14-5-1-6-15(13(14)10-17)19-9-3-8-18-7-2-4-12(18)11-19/h1,5-6,12H,2-4,7-9,11H2. The molecule has 0 aliphatic carbocycles. The molecule has 0 radical (unpaired) electrons. The molecule has 2 fully saturated rings. The lowest BCUT2D eigenvalue weighted by atomic mass is 10.1. The molecule has 3 nitrogen and oxygen atoms in total. The summed E-state index contributed by atoms with van der Waals surface area (Å²) >= 11 is 6.14. The third kappa shape index (κ3) is 2.43. The smallest absolute Gasteiger partial charge is 0.103 e. The Bertz CT molecular complexity index is 509. The monoisotopic (exact) mass is 275 g/mol. The average Bonchev–Trinajstić information content (AvgIpc) is 2.76. The molecule has 1 aromatic rings. The molecule has 2 aliphatic rings. The highest BCUT2D eigenvalue weighted by molar-refractivity contribution is 6.32. The molecular formula is C15H18ClN3. The van der Waals surface area contributed by atoms with Gasteiger partial charge in [-0.2, -0.15) is 5.26 Å². The zero-order valence-corrected chi connectivity index (χ0v) is 11.7. The van der Waals surface area contributed by atoms with E-state index in [9.17, 15) is 5.26 Å². The fraction of sp³-hybridized carbons (Fsp3) is 0.533. The molecule has 0 saturated carbocycles. The Balaban J connectivity index is 1.89. The summed E-state index contributed by atoms with van der Waals surface area (Å²) in [5, 5.41) is 9.88. The first-order valence-electron chi connectivity index (χ1n) is 6.97. The van der Waals surface area contributed by atoms with Crippen LogP contribution in [0.5, 0.6) is 0 Å². The number of hydrogen-bond donors (Lipinski definition) is 0. The lowest BCUT2D eigenvalue weighted by Gasteiger charge is -2.28. The van der Waals surface area contributed by atoms with Crippen molar-refractivity contribution in [2.24, 2.45) is 0 Å². The van der Waals surface area contributed by atoms with E-state index in [1.165, 1.54) is 25.9 Å². The molecule has 2 heterocycles. The number of anilines is 1. The van der Waals surface area contributed by atoms with Gasteiger partial charge in [0.1, 0.15) is 6.07 Å². The van der Waals surface area contributed by atoms with Gasteiger partial charge in [0.05, 0.1) is 16.3 Å². The molecule has 1 unspecified atom stereocenters. The highest BCUT2D eigenvalue weighted by atomic mass is 35.5. The van der Waals surface area contributed by atoms with Crippen molar-refractivity contribution in [2.75, 3.05) is 31.1 Å². The molecule has 3 rings (SSSR count). The van der Waals surface area contributed by atoms with Crippen LogP contribution in [-0.4, -0.2) is 37.1 Å². The lowest BCUT2D eigenvalue weighted by Crippen LogP contribution is -2.36. The number of fused-ring (bicyclic) bond motifs is 1. The van der Waals surface area contributed by atoms with Gasteiger partial charge in [-0.15, -0.1) is 0 Å². The Morgan fingerprint density at radius 3 is 2.89 bits per heavy atom. The summed E-state index contributed by atoms with van der Waals surface area (Å²) in [6.07, 6.45) is 3.74. The molecule has 0 amide bonds. The van der Waals surface area contributed by atoms with Crippen LogP contribution in [0.3, 0.4) is 0 Å². The van der Waals surface area contributed by atoms with Crippen LogP contribution in [0.1, 0.15) is 24.8 Å². The van der Waals surface area contributed by atoms with Crippen LogP contribution in [0.4, 0.5) is 5.69 Å². The maximum absolute atomic E-state index is 9.32. The van der Waals surface area contributed by atoms with Gasteiger partial charge in [-0.3, -0.25) is 4.90 Å². The zero-order chi connectivity index (χ0) is 13.2. The van der Waals surface area contributed by atoms with Crippen molar-refractivity contribution < 1.29 is 0 Å². The molecule has 1 aromatic carbocycles. The predicted octanol–water partition coefficient (Wildman–Crippen LogP) is 2.89. The Morgan fingerprint density at radius 1 is 1.21 bits per heavy atom. The largest absolute Gasteiger partial charge is 0.369 e. The van der Waals surface area contributed by atoms with Crippen LogP contribution in [-0.2, 0) is 0 Å². The summed E-state index contributed by atoms with van der Waals surface area (Å²) in [7, 11) is 0. The Kier molecular flexibility index (Phi) is 3.63. The third-order valence-corrected chi connectivity index (χ3v) is 4.56. The average molecular weight is 276 g/mol. The highest BCUT2D eigenvalue weighted by Gasteiger charge is 2.29. The van der Waals surface area contributed by atoms with Gasteiger partial charge in [0, 0.05) is 25.7 Å². The molecule has 0 bridgehead atoms. The van der Waals surface area contributed by atoms with E-state index >= 15 is 0 Å². The van der Waals surface area contributed by atoms with Gasteiger partial charge in [0.15, 0.2) is 0 Å². The van der Waals surface area contributed by atoms with Crippen molar-refractivity contribution in [3.05, 3.63) is 28.8 Å². The van der Waals surface area contributed by atoms with Gasteiger partial charge in [-0.05, 0) is 37.9 Å². The number of hydrogen-bond acceptors (Lipinski definition) is 3. The SMILES string of the molecule is N#Cc1c(Cl)cccc1N1CCCN2CCCC2C1. The van der Waals surface area contributed by atoms with E-state index in [0.29, 0.717) is 16.6 Å². The van der Waals surface area contributed by atoms with Gasteiger partial charge in [-0.1, -0.05) is 17.7 Å². The topological polar surface area (TPSA) is 30.3 Å². The van der Waals surface area contributed by atoms with E-state index in [1.807, 2.05) is 12.1 Å². The fourth-order valence-electron chi connectivity index (χ4n) is 3.31. The summed E-state index contributed by atoms with van der Waals surface area (Å²) in [4.78, 5) is 4.94. The maximum Gasteiger partial charge on any atom is 0.103 e. The minimum atomic E-state index is 0.563. The summed E-state index contributed by atoms with van der Waals surface area (Å²) in [5.74, 6) is 0. The molecule has 100 valence electrons. The van der Waals surface area contributed by atoms with E-state index in [-0.39, 0.29) is 0 Å². The highest BCUT2D eigenvalue weighted by Crippen LogP contribution is 2.30. The Morgan fingerprint density at radius 2 is 2.05 bits per heavy atom. The van der Waals surface area contributed by atoms with Crippen molar-refractivity contribution in [1.82, 2.24) is 4.90 Å². The first-order chi connectivity index (χ1) is 9.29. The van der Waals surface area contributed by atoms with Crippen LogP contribution in [0, 0.1) is 11.3 Å². The summed E-state index contributed by atoms with van der Waals surface area (Å²) in [6.45, 7) is 4.46. The molecule has 2 saturated heterocycles. The number of rotatable bonds is 1. The quantitative estimate of drug-likeness (QED) is 0.789. The lowest BCUT2D eigenvalue weighted by molar-refractivity contribution is 0.273. The minimum Gasteiger partial charge on any atom is -0.369 e. The van der Waals surface area contributed by atoms with E-state index in [2.05, 4.69) is 15.9 Å². The van der Waals surface area contributed by atoms with Gasteiger partial charge in [0.25, 0.3) is 0 Å². The number of nitrogens with zero attached hydrogens (tertiary/aromatic N) is 3. The molecule has 1 atom stereocenters. The van der Waals surface area contributed by atoms with Crippen LogP contribution >= 0.6 is 11.6 Å². The molecule has 0 spiro atoms. The van der Waals surface area contributed by atoms with E-state index in [1.54, 1.807) is 6.07 Å². The maximum atomic E-state index is 9.32. The van der Waals surface area contributed by atoms with E-state index in [4.69, 9.17) is 11.6 Å². The first-order valence-corrected chi connectivity index (χ1v) is 7.35. The summed E-state index contributed by atoms with van der Waals surface area (Å²) < 4.78 is 0. The van der Waals surface area contributed by atoms with Crippen molar-refractivity contribution >= 4 is 17.3 Å². The second-order valence-corrected chi connectivity index (χ2v) is 5.78. The molecule has 19 heavy (non-hydrogen) atoms. The summed E-state index contributed by atoms with van der Waals surface area (Å²) in [5.41, 5.74) is 1.62. The Hall–Kier alpha value is -1.24. The van der Waals surface area contributed by atoms with Gasteiger partial charge >= 0.3 is 0 Å². The molecule has 2 aliphatic heterocycles. The van der Waals surface area contributed by atoms with Crippen molar-refractivity contribution in [3.8, 4) is 6.07 Å². The molecule has 0 N–H and O–H groups in total. The van der Waals surface area contributed by atoms with E-state index in [0.717, 1.165) is 25.2 Å². The van der Waals surface area contributed by atoms with Crippen molar-refractivity contribution in [2.45, 2.75) is 25.3 Å². The fourth-order valence-corrected chi connectivity index (χ4v) is 3.52. The zero-order valence-electron chi connectivity index (χ0n) is 11.0. The van der Waals surface area contributed by atoms with Crippen molar-refractivity contribution in [3.63, 3.8) is 0 Å². The normalized spacial score (nSPS) is 23.8. The van der Waals surface area contributed by atoms with Crippen LogP contribution < -0.4 is 4.90 Å². The van der Waals surface area contributed by atoms with E-state index < -0.39 is 0 Å². The molecule has 0 aromatic heterocycles. The first kappa shape index (κ1) is 12.8. The van der Waals surface area contributed by atoms with Crippen molar-refractivity contribution in [1.29, 1.82) is 5.26 Å².